The molecule has 16 amide bonds. The molecule has 121 heavy (non-hydrogen) atoms. The topological polar surface area (TPSA) is 806 Å². The molecule has 0 aliphatic carbocycles. The maximum absolute atomic E-state index is 14.2. The van der Waals surface area contributed by atoms with E-state index in [9.17, 15) is 142 Å². The first-order valence-electron chi connectivity index (χ1n) is 38.0. The summed E-state index contributed by atoms with van der Waals surface area (Å²) < 4.78 is 0. The monoisotopic (exact) mass is 1740 g/mol. The molecule has 49 nitrogen and oxygen atoms in total. The molecule has 0 fully saturated rings. The highest BCUT2D eigenvalue weighted by Crippen LogP contribution is 2.14. The Bertz CT molecular complexity index is 3770. The number of carbonyl (C=O) groups excluding carboxylic acids is 16. The molecule has 0 saturated heterocycles. The molecule has 1 aromatic rings. The van der Waals surface area contributed by atoms with Gasteiger partial charge in [-0.2, -0.15) is 12.6 Å². The van der Waals surface area contributed by atoms with E-state index in [4.69, 9.17) is 17.2 Å². The van der Waals surface area contributed by atoms with Gasteiger partial charge in [0.2, 0.25) is 94.5 Å². The number of aliphatic hydroxyl groups is 5. The van der Waals surface area contributed by atoms with Crippen LogP contribution in [0.15, 0.2) is 35.3 Å². The number of hydrogen-bond acceptors (Lipinski definition) is 28. The summed E-state index contributed by atoms with van der Waals surface area (Å²) in [4.78, 5) is 267. The number of carboxylic acids is 4. The van der Waals surface area contributed by atoms with Crippen LogP contribution in [0.2, 0.25) is 0 Å². The van der Waals surface area contributed by atoms with E-state index in [0.29, 0.717) is 5.56 Å². The van der Waals surface area contributed by atoms with E-state index in [0.717, 1.165) is 13.8 Å². The third-order valence-electron chi connectivity index (χ3n) is 17.7. The number of thiol groups is 1. The van der Waals surface area contributed by atoms with Gasteiger partial charge in [-0.05, 0) is 76.7 Å². The molecular weight excluding hydrogens is 1630 g/mol. The zero-order valence-electron chi connectivity index (χ0n) is 67.5. The molecule has 0 spiro atoms. The SMILES string of the molecule is CC[C@H](C)[C@H](NC(=O)[C@H](CO)NC(=O)[C@H](CCCN=C(N)N)NC(=O)[C@H](CCC(=O)O)NC(=O)[C@H](CCC(=O)O)NC(=O)CNC(=O)[C@H](Cc1ccccc1)NC(=O)CNC(=O)[C@@H](NC(=O)[C@H](CO)NC(=O)[C@H](CCC(=O)O)NC(=O)[C@H](CO)NC(=O)[C@H](CO)NC(=O)[C@H](C)NC(=O)[C@H](C)NC(=O)[C@@H](N)CS)[C@@H](C)O)C(=O)N[C@@H](CC(C)C)C(=O)O. The number of benzene rings is 1. The van der Waals surface area contributed by atoms with Gasteiger partial charge in [-0.15, -0.1) is 0 Å². The maximum Gasteiger partial charge on any atom is 0.326 e. The molecule has 0 unspecified atom stereocenters. The number of nitrogens with zero attached hydrogens (tertiary/aromatic N) is 1. The number of guanidine groups is 1. The Morgan fingerprint density at radius 2 is 0.752 bits per heavy atom. The molecule has 0 aliphatic heterocycles. The molecule has 0 aliphatic rings. The van der Waals surface area contributed by atoms with Gasteiger partial charge in [-0.1, -0.05) is 64.4 Å². The average Bonchev–Trinajstić information content (AvgIpc) is 0.861. The number of hydrogen-bond donors (Lipinski definition) is 29. The van der Waals surface area contributed by atoms with Crippen molar-refractivity contribution in [3.63, 3.8) is 0 Å². The summed E-state index contributed by atoms with van der Waals surface area (Å²) in [5.74, 6) is -26.0. The largest absolute Gasteiger partial charge is 0.481 e. The van der Waals surface area contributed by atoms with E-state index < -0.39 is 299 Å². The van der Waals surface area contributed by atoms with Gasteiger partial charge >= 0.3 is 23.9 Å². The number of aliphatic imine (C=N–C) groups is 1. The fourth-order valence-electron chi connectivity index (χ4n) is 10.6. The van der Waals surface area contributed by atoms with Crippen LogP contribution in [0.25, 0.3) is 0 Å². The van der Waals surface area contributed by atoms with Crippen LogP contribution >= 0.6 is 12.6 Å². The van der Waals surface area contributed by atoms with Crippen molar-refractivity contribution in [1.82, 2.24) is 85.1 Å². The van der Waals surface area contributed by atoms with Crippen LogP contribution in [-0.4, -0.2) is 319 Å². The molecule has 0 aromatic heterocycles. The first-order chi connectivity index (χ1) is 56.8. The number of rotatable bonds is 58. The lowest BCUT2D eigenvalue weighted by Gasteiger charge is -2.28. The van der Waals surface area contributed by atoms with Crippen LogP contribution in [0, 0.1) is 11.8 Å². The van der Waals surface area contributed by atoms with Gasteiger partial charge in [0.05, 0.1) is 51.7 Å². The normalized spacial score (nSPS) is 15.2. The Kier molecular flexibility index (Phi) is 49.3. The van der Waals surface area contributed by atoms with Gasteiger partial charge in [0, 0.05) is 38.0 Å². The third-order valence-corrected chi connectivity index (χ3v) is 18.1. The van der Waals surface area contributed by atoms with Crippen molar-refractivity contribution in [2.75, 3.05) is 51.8 Å². The van der Waals surface area contributed by atoms with Gasteiger partial charge in [-0.3, -0.25) is 96.1 Å². The van der Waals surface area contributed by atoms with Crippen LogP contribution in [0.1, 0.15) is 118 Å². The fraction of sp³-hybridized carbons (Fsp3) is 0.620. The summed E-state index contributed by atoms with van der Waals surface area (Å²) in [5.41, 5.74) is 16.9. The van der Waals surface area contributed by atoms with Crippen molar-refractivity contribution in [3.8, 4) is 0 Å². The summed E-state index contributed by atoms with van der Waals surface area (Å²) in [5, 5.41) is 125. The first-order valence-corrected chi connectivity index (χ1v) is 38.7. The highest BCUT2D eigenvalue weighted by molar-refractivity contribution is 7.80. The molecule has 50 heteroatoms. The maximum atomic E-state index is 14.2. The van der Waals surface area contributed by atoms with Gasteiger partial charge < -0.3 is 148 Å². The predicted molar refractivity (Wildman–Crippen MR) is 423 cm³/mol. The van der Waals surface area contributed by atoms with E-state index in [2.05, 4.69) is 86.7 Å². The minimum Gasteiger partial charge on any atom is -0.481 e. The van der Waals surface area contributed by atoms with E-state index in [1.54, 1.807) is 45.9 Å². The van der Waals surface area contributed by atoms with Gasteiger partial charge in [-0.25, -0.2) is 4.79 Å². The van der Waals surface area contributed by atoms with Crippen LogP contribution in [0.3, 0.4) is 0 Å². The third kappa shape index (κ3) is 41.0. The standard InChI is InChI=1S/C71H114N20O29S/c1-8-33(4)54(69(118)85-44(70(119)120)23-32(2)3)90-66(115)47(29-94)87-60(109)39(15-12-22-75-71(73)74)82-62(111)41(17-20-52(101)102)83-61(110)40(16-19-51(99)100)80-49(97)25-76-59(108)43(24-37-13-10-9-11-14-37)81-50(98)26-77-68(117)55(36(7)96)91-67(116)48(30-95)88-63(112)42(18-21-53(103)104)84-64(113)46(28-93)89-65(114)45(27-92)86-57(106)35(6)78-56(105)34(5)79-58(107)38(72)31-121/h9-11,13-14,32-36,38-48,54-55,92-96,121H,8,12,15-31,72H2,1-7H3,(H,76,108)(H,77,117)(H,78,105)(H,79,107)(H,80,97)(H,81,98)(H,82,111)(H,83,110)(H,84,113)(H,85,118)(H,86,106)(H,87,109)(H,88,112)(H,89,114)(H,90,115)(H,91,116)(H,99,100)(H,101,102)(H,103,104)(H,119,120)(H4,73,74,75)/t33-,34-,35-,36+,38-,39-,40-,41-,42-,43-,44-,45-,46-,47-,48-,54-,55-/m0/s1. The molecule has 0 radical (unpaired) electrons. The predicted octanol–water partition coefficient (Wildman–Crippen LogP) is -12.3. The summed E-state index contributed by atoms with van der Waals surface area (Å²) in [6.07, 6.45) is -7.14. The second kappa shape index (κ2) is 55.7. The highest BCUT2D eigenvalue weighted by atomic mass is 32.1. The minimum atomic E-state index is -2.09. The Morgan fingerprint density at radius 1 is 0.405 bits per heavy atom. The van der Waals surface area contributed by atoms with Gasteiger partial charge in [0.1, 0.15) is 84.6 Å². The first kappa shape index (κ1) is 107. The molecule has 0 bridgehead atoms. The minimum absolute atomic E-state index is 0.0208. The molecule has 31 N–H and O–H groups in total. The van der Waals surface area contributed by atoms with Crippen molar-refractivity contribution >= 4 is 137 Å². The van der Waals surface area contributed by atoms with Crippen LogP contribution in [0.5, 0.6) is 0 Å². The Hall–Kier alpha value is -12.0. The molecule has 678 valence electrons. The van der Waals surface area contributed by atoms with Gasteiger partial charge in [0.25, 0.3) is 0 Å². The molecule has 0 heterocycles. The van der Waals surface area contributed by atoms with Crippen LogP contribution < -0.4 is 102 Å². The molecule has 1 rings (SSSR count). The quantitative estimate of drug-likeness (QED) is 0.0125. The lowest BCUT2D eigenvalue weighted by Crippen LogP contribution is -2.62. The lowest BCUT2D eigenvalue weighted by molar-refractivity contribution is -0.143. The Morgan fingerprint density at radius 3 is 1.13 bits per heavy atom. The van der Waals surface area contributed by atoms with E-state index >= 15 is 0 Å². The average molecular weight is 1740 g/mol. The zero-order chi connectivity index (χ0) is 92.1. The number of carboxylic acid groups (broad SMARTS) is 4. The summed E-state index contributed by atoms with van der Waals surface area (Å²) >= 11 is 3.90. The second-order valence-corrected chi connectivity index (χ2v) is 28.5. The molecule has 0 saturated carbocycles. The lowest BCUT2D eigenvalue weighted by atomic mass is 9.96. The number of aliphatic carboxylic acids is 4. The van der Waals surface area contributed by atoms with Crippen molar-refractivity contribution in [2.45, 2.75) is 216 Å². The number of amides is 16. The Balaban J connectivity index is 3.40. The summed E-state index contributed by atoms with van der Waals surface area (Å²) in [6.45, 7) is 3.04. The number of nitrogens with two attached hydrogens (primary N) is 3. The molecule has 17 atom stereocenters. The van der Waals surface area contributed by atoms with Crippen LogP contribution in [-0.2, 0) is 102 Å². The Labute approximate surface area is 698 Å². The summed E-state index contributed by atoms with van der Waals surface area (Å²) in [6, 6.07) is -17.7. The van der Waals surface area contributed by atoms with Crippen molar-refractivity contribution in [2.24, 2.45) is 34.0 Å². The van der Waals surface area contributed by atoms with E-state index in [1.807, 2.05) is 16.0 Å². The highest BCUT2D eigenvalue weighted by Gasteiger charge is 2.39. The number of aliphatic hydroxyl groups excluding tert-OH is 5. The van der Waals surface area contributed by atoms with Gasteiger partial charge in [0.15, 0.2) is 5.96 Å². The zero-order valence-corrected chi connectivity index (χ0v) is 68.4. The number of nitrogens with one attached hydrogen (secondary N) is 16. The van der Waals surface area contributed by atoms with Crippen molar-refractivity contribution < 1.29 is 142 Å². The fourth-order valence-corrected chi connectivity index (χ4v) is 10.8. The molecular formula is C71H114N20O29S. The van der Waals surface area contributed by atoms with E-state index in [-0.39, 0.29) is 56.3 Å². The molecule has 1 aromatic carbocycles. The summed E-state index contributed by atoms with van der Waals surface area (Å²) in [7, 11) is 0. The van der Waals surface area contributed by atoms with Crippen LogP contribution in [0.4, 0.5) is 0 Å². The van der Waals surface area contributed by atoms with E-state index in [1.165, 1.54) is 19.1 Å². The smallest absolute Gasteiger partial charge is 0.326 e. The van der Waals surface area contributed by atoms with Crippen molar-refractivity contribution in [3.05, 3.63) is 35.9 Å². The number of carbonyl (C=O) groups is 20. The second-order valence-electron chi connectivity index (χ2n) is 28.1. The van der Waals surface area contributed by atoms with Crippen molar-refractivity contribution in [1.29, 1.82) is 0 Å².